The summed E-state index contributed by atoms with van der Waals surface area (Å²) in [7, 11) is 0. The Hall–Kier alpha value is -4.00. The average molecular weight is 513 g/mol. The van der Waals surface area contributed by atoms with Crippen LogP contribution in [0.4, 0.5) is 5.69 Å². The minimum Gasteiger partial charge on any atom is -0.491 e. The maximum Gasteiger partial charge on any atom is 0.251 e. The highest BCUT2D eigenvalue weighted by Gasteiger charge is 2.57. The summed E-state index contributed by atoms with van der Waals surface area (Å²) in [6.07, 6.45) is 5.26. The molecule has 0 aromatic heterocycles. The zero-order chi connectivity index (χ0) is 26.1. The van der Waals surface area contributed by atoms with Crippen LogP contribution in [0.5, 0.6) is 17.2 Å². The van der Waals surface area contributed by atoms with Crippen LogP contribution in [0.2, 0.25) is 0 Å². The molecule has 196 valence electrons. The normalized spacial score (nSPS) is 18.4. The Morgan fingerprint density at radius 2 is 1.71 bits per heavy atom. The van der Waals surface area contributed by atoms with Crippen LogP contribution in [0.25, 0.3) is 0 Å². The maximum absolute atomic E-state index is 14.0. The first-order valence-electron chi connectivity index (χ1n) is 13.5. The first-order valence-corrected chi connectivity index (χ1v) is 13.5. The van der Waals surface area contributed by atoms with Gasteiger partial charge in [0.05, 0.1) is 0 Å². The fourth-order valence-corrected chi connectivity index (χ4v) is 5.73. The first kappa shape index (κ1) is 24.3. The second-order valence-electron chi connectivity index (χ2n) is 10.1. The molecule has 0 aliphatic carbocycles. The molecule has 0 saturated carbocycles. The molecule has 1 N–H and O–H groups in total. The molecule has 3 aromatic carbocycles. The highest BCUT2D eigenvalue weighted by atomic mass is 16.7. The van der Waals surface area contributed by atoms with Gasteiger partial charge < -0.3 is 24.4 Å². The maximum atomic E-state index is 14.0. The van der Waals surface area contributed by atoms with Crippen molar-refractivity contribution >= 4 is 17.5 Å². The highest BCUT2D eigenvalue weighted by molar-refractivity contribution is 6.11. The van der Waals surface area contributed by atoms with Crippen molar-refractivity contribution in [2.75, 3.05) is 31.4 Å². The third-order valence-electron chi connectivity index (χ3n) is 7.77. The third kappa shape index (κ3) is 4.06. The van der Waals surface area contributed by atoms with Gasteiger partial charge in [0.1, 0.15) is 17.8 Å². The Morgan fingerprint density at radius 3 is 2.53 bits per heavy atom. The Bertz CT molecular complexity index is 1370. The molecule has 0 saturated heterocycles. The van der Waals surface area contributed by atoms with E-state index in [1.807, 2.05) is 65.6 Å². The Labute approximate surface area is 222 Å². The van der Waals surface area contributed by atoms with E-state index < -0.39 is 5.41 Å². The molecule has 1 spiro atoms. The van der Waals surface area contributed by atoms with Gasteiger partial charge in [-0.25, -0.2) is 0 Å². The molecule has 1 unspecified atom stereocenters. The zero-order valence-electron chi connectivity index (χ0n) is 21.6. The lowest BCUT2D eigenvalue weighted by molar-refractivity contribution is -0.122. The topological polar surface area (TPSA) is 77.1 Å². The summed E-state index contributed by atoms with van der Waals surface area (Å²) < 4.78 is 17.1. The number of nitrogens with zero attached hydrogens (tertiary/aromatic N) is 1. The predicted octanol–water partition coefficient (Wildman–Crippen LogP) is 4.99. The van der Waals surface area contributed by atoms with Gasteiger partial charge in [0, 0.05) is 36.0 Å². The molecule has 7 nitrogen and oxygen atoms in total. The summed E-state index contributed by atoms with van der Waals surface area (Å²) in [4.78, 5) is 28.5. The van der Waals surface area contributed by atoms with E-state index >= 15 is 0 Å². The number of benzene rings is 3. The number of rotatable bonds is 9. The molecule has 6 rings (SSSR count). The van der Waals surface area contributed by atoms with Gasteiger partial charge >= 0.3 is 0 Å². The SMILES string of the molecule is CCCCCc1ccc(C(=O)NCCCN2C(=O)C3(COc4cc5c(cc43)OCO5)c3ccccc32)cc1. The largest absolute Gasteiger partial charge is 0.491 e. The minimum atomic E-state index is -0.908. The third-order valence-corrected chi connectivity index (χ3v) is 7.77. The summed E-state index contributed by atoms with van der Waals surface area (Å²) in [6, 6.07) is 19.5. The van der Waals surface area contributed by atoms with Crippen molar-refractivity contribution in [1.29, 1.82) is 0 Å². The van der Waals surface area contributed by atoms with Gasteiger partial charge in [-0.3, -0.25) is 9.59 Å². The Kier molecular flexibility index (Phi) is 6.44. The predicted molar refractivity (Wildman–Crippen MR) is 144 cm³/mol. The number of hydrogen-bond acceptors (Lipinski definition) is 5. The number of unbranched alkanes of at least 4 members (excludes halogenated alkanes) is 2. The van der Waals surface area contributed by atoms with Crippen molar-refractivity contribution in [1.82, 2.24) is 5.32 Å². The van der Waals surface area contributed by atoms with Crippen molar-refractivity contribution < 1.29 is 23.8 Å². The molecule has 3 aromatic rings. The van der Waals surface area contributed by atoms with Crippen LogP contribution in [-0.4, -0.2) is 38.3 Å². The van der Waals surface area contributed by atoms with Crippen LogP contribution in [0.3, 0.4) is 0 Å². The lowest BCUT2D eigenvalue weighted by atomic mass is 9.77. The lowest BCUT2D eigenvalue weighted by Gasteiger charge is -2.23. The number of nitrogens with one attached hydrogen (secondary N) is 1. The second kappa shape index (κ2) is 10.0. The monoisotopic (exact) mass is 512 g/mol. The summed E-state index contributed by atoms with van der Waals surface area (Å²) in [6.45, 7) is 3.57. The van der Waals surface area contributed by atoms with E-state index in [2.05, 4.69) is 12.2 Å². The molecule has 3 aliphatic heterocycles. The zero-order valence-corrected chi connectivity index (χ0v) is 21.6. The minimum absolute atomic E-state index is 0.0127. The van der Waals surface area contributed by atoms with Crippen LogP contribution >= 0.6 is 0 Å². The van der Waals surface area contributed by atoms with E-state index in [0.717, 1.165) is 23.2 Å². The molecule has 0 bridgehead atoms. The average Bonchev–Trinajstić information content (AvgIpc) is 3.62. The molecule has 1 atom stereocenters. The molecule has 0 fully saturated rings. The van der Waals surface area contributed by atoms with Gasteiger partial charge in [-0.2, -0.15) is 0 Å². The standard InChI is InChI=1S/C31H32N2O5/c1-2-3-4-8-21-11-13-22(14-12-21)29(34)32-15-7-16-33-25-10-6-5-9-23(25)31(30(33)35)19-36-26-18-28-27(17-24(26)31)37-20-38-28/h5-6,9-14,17-18H,2-4,7-8,15-16,19-20H2,1H3,(H,32,34). The van der Waals surface area contributed by atoms with Crippen LogP contribution in [0, 0.1) is 0 Å². The van der Waals surface area contributed by atoms with Gasteiger partial charge in [-0.05, 0) is 54.7 Å². The summed E-state index contributed by atoms with van der Waals surface area (Å²) >= 11 is 0. The number of para-hydroxylation sites is 1. The van der Waals surface area contributed by atoms with E-state index in [4.69, 9.17) is 14.2 Å². The van der Waals surface area contributed by atoms with Gasteiger partial charge in [0.2, 0.25) is 12.7 Å². The Balaban J connectivity index is 1.12. The number of fused-ring (bicyclic) bond motifs is 5. The number of carbonyl (C=O) groups is 2. The molecular weight excluding hydrogens is 480 g/mol. The van der Waals surface area contributed by atoms with Crippen LogP contribution < -0.4 is 24.4 Å². The Morgan fingerprint density at radius 1 is 0.921 bits per heavy atom. The van der Waals surface area contributed by atoms with Crippen molar-refractivity contribution in [3.63, 3.8) is 0 Å². The number of anilines is 1. The quantitative estimate of drug-likeness (QED) is 0.409. The lowest BCUT2D eigenvalue weighted by Crippen LogP contribution is -2.43. The smallest absolute Gasteiger partial charge is 0.251 e. The number of aryl methyl sites for hydroxylation is 1. The molecular formula is C31H32N2O5. The summed E-state index contributed by atoms with van der Waals surface area (Å²) in [5, 5.41) is 3.01. The van der Waals surface area contributed by atoms with E-state index in [-0.39, 0.29) is 25.2 Å². The van der Waals surface area contributed by atoms with Crippen LogP contribution in [0.1, 0.15) is 59.7 Å². The molecule has 7 heteroatoms. The number of carbonyl (C=O) groups excluding carboxylic acids is 2. The van der Waals surface area contributed by atoms with Crippen molar-refractivity contribution in [2.24, 2.45) is 0 Å². The fourth-order valence-electron chi connectivity index (χ4n) is 5.73. The fraction of sp³-hybridized carbons (Fsp3) is 0.355. The van der Waals surface area contributed by atoms with Gasteiger partial charge in [0.15, 0.2) is 11.5 Å². The molecule has 0 radical (unpaired) electrons. The number of ether oxygens (including phenoxy) is 3. The van der Waals surface area contributed by atoms with Crippen molar-refractivity contribution in [2.45, 2.75) is 44.4 Å². The summed E-state index contributed by atoms with van der Waals surface area (Å²) in [5.41, 5.74) is 3.64. The van der Waals surface area contributed by atoms with Crippen molar-refractivity contribution in [3.8, 4) is 17.2 Å². The van der Waals surface area contributed by atoms with E-state index in [1.54, 1.807) is 0 Å². The molecule has 3 heterocycles. The van der Waals surface area contributed by atoms with E-state index in [9.17, 15) is 9.59 Å². The first-order chi connectivity index (χ1) is 18.6. The van der Waals surface area contributed by atoms with Crippen LogP contribution in [0.15, 0.2) is 60.7 Å². The van der Waals surface area contributed by atoms with Crippen molar-refractivity contribution in [3.05, 3.63) is 82.9 Å². The van der Waals surface area contributed by atoms with E-state index in [0.29, 0.717) is 42.3 Å². The summed E-state index contributed by atoms with van der Waals surface area (Å²) in [5.74, 6) is 1.82. The number of amides is 2. The van der Waals surface area contributed by atoms with Gasteiger partial charge in [-0.1, -0.05) is 50.1 Å². The number of hydrogen-bond donors (Lipinski definition) is 1. The van der Waals surface area contributed by atoms with E-state index in [1.165, 1.54) is 24.8 Å². The van der Waals surface area contributed by atoms with Gasteiger partial charge in [-0.15, -0.1) is 0 Å². The molecule has 3 aliphatic rings. The second-order valence-corrected chi connectivity index (χ2v) is 10.1. The van der Waals surface area contributed by atoms with Gasteiger partial charge in [0.25, 0.3) is 5.91 Å². The molecule has 38 heavy (non-hydrogen) atoms. The molecule has 2 amide bonds. The van der Waals surface area contributed by atoms with Crippen LogP contribution in [-0.2, 0) is 16.6 Å². The highest BCUT2D eigenvalue weighted by Crippen LogP contribution is 2.54.